The monoisotopic (exact) mass is 232 g/mol. The second kappa shape index (κ2) is 4.82. The highest BCUT2D eigenvalue weighted by Gasteiger charge is 2.05. The molecular weight excluding hydrogens is 216 g/mol. The van der Waals surface area contributed by atoms with E-state index in [1.807, 2.05) is 17.9 Å². The summed E-state index contributed by atoms with van der Waals surface area (Å²) in [5.74, 6) is 0.574. The van der Waals surface area contributed by atoms with Crippen molar-refractivity contribution in [3.8, 4) is 0 Å². The topological polar surface area (TPSA) is 81.7 Å². The third-order valence-electron chi connectivity index (χ3n) is 2.44. The van der Waals surface area contributed by atoms with Crippen LogP contribution in [0.5, 0.6) is 0 Å². The van der Waals surface area contributed by atoms with Gasteiger partial charge in [-0.2, -0.15) is 5.10 Å². The van der Waals surface area contributed by atoms with E-state index in [2.05, 4.69) is 27.3 Å². The molecule has 0 unspecified atom stereocenters. The molecule has 0 atom stereocenters. The van der Waals surface area contributed by atoms with Crippen molar-refractivity contribution in [1.29, 1.82) is 0 Å². The lowest BCUT2D eigenvalue weighted by molar-refractivity contribution is 0.746. The van der Waals surface area contributed by atoms with Gasteiger partial charge in [-0.25, -0.2) is 9.97 Å². The van der Waals surface area contributed by atoms with Gasteiger partial charge in [0.2, 0.25) is 5.95 Å². The van der Waals surface area contributed by atoms with Gasteiger partial charge in [0.1, 0.15) is 0 Å². The second-order valence-corrected chi connectivity index (χ2v) is 3.82. The fourth-order valence-electron chi connectivity index (χ4n) is 1.63. The summed E-state index contributed by atoms with van der Waals surface area (Å²) < 4.78 is 1.82. The van der Waals surface area contributed by atoms with Gasteiger partial charge in [-0.05, 0) is 6.42 Å². The molecule has 6 nitrogen and oxygen atoms in total. The first kappa shape index (κ1) is 11.4. The molecule has 3 N–H and O–H groups in total. The zero-order valence-electron chi connectivity index (χ0n) is 10.0. The Hall–Kier alpha value is -2.11. The molecule has 0 fully saturated rings. The van der Waals surface area contributed by atoms with E-state index < -0.39 is 0 Å². The Kier molecular flexibility index (Phi) is 3.22. The van der Waals surface area contributed by atoms with Gasteiger partial charge < -0.3 is 11.1 Å². The van der Waals surface area contributed by atoms with Gasteiger partial charge >= 0.3 is 0 Å². The molecule has 2 aromatic heterocycles. The largest absolute Gasteiger partial charge is 0.396 e. The molecule has 0 bridgehead atoms. The van der Waals surface area contributed by atoms with E-state index in [-0.39, 0.29) is 0 Å². The van der Waals surface area contributed by atoms with Gasteiger partial charge in [0.25, 0.3) is 0 Å². The van der Waals surface area contributed by atoms with Crippen LogP contribution >= 0.6 is 0 Å². The van der Waals surface area contributed by atoms with E-state index >= 15 is 0 Å². The molecule has 0 saturated carbocycles. The number of nitrogens with zero attached hydrogens (tertiary/aromatic N) is 4. The first-order chi connectivity index (χ1) is 8.19. The summed E-state index contributed by atoms with van der Waals surface area (Å²) in [6.45, 7) is 2.76. The van der Waals surface area contributed by atoms with Crippen LogP contribution in [0.15, 0.2) is 18.6 Å². The molecule has 0 radical (unpaired) electrons. The molecule has 0 aliphatic rings. The predicted molar refractivity (Wildman–Crippen MR) is 66.4 cm³/mol. The lowest BCUT2D eigenvalue weighted by Crippen LogP contribution is -2.04. The zero-order valence-corrected chi connectivity index (χ0v) is 10.0. The van der Waals surface area contributed by atoms with Gasteiger partial charge in [-0.1, -0.05) is 6.92 Å². The summed E-state index contributed by atoms with van der Waals surface area (Å²) in [5.41, 5.74) is 8.33. The fourth-order valence-corrected chi connectivity index (χ4v) is 1.63. The normalized spacial score (nSPS) is 10.5. The molecule has 0 aliphatic carbocycles. The number of aromatic nitrogens is 4. The Balaban J connectivity index is 2.04. The number of nitrogens with one attached hydrogen (secondary N) is 1. The third-order valence-corrected chi connectivity index (χ3v) is 2.44. The van der Waals surface area contributed by atoms with Crippen molar-refractivity contribution < 1.29 is 0 Å². The summed E-state index contributed by atoms with van der Waals surface area (Å²) in [4.78, 5) is 8.16. The maximum atomic E-state index is 5.52. The standard InChI is InChI=1S/C11H16N6/c1-3-10-8(7-17(2)16-10)4-13-11-14-5-9(12)6-15-11/h5-7H,3-4,12H2,1-2H3,(H,13,14,15). The Bertz CT molecular complexity index is 487. The van der Waals surface area contributed by atoms with Crippen LogP contribution in [0, 0.1) is 0 Å². The van der Waals surface area contributed by atoms with Crippen LogP contribution in [0.1, 0.15) is 18.2 Å². The Labute approximate surface area is 99.9 Å². The Morgan fingerprint density at radius 3 is 2.71 bits per heavy atom. The molecule has 0 spiro atoms. The van der Waals surface area contributed by atoms with Crippen LogP contribution in [-0.4, -0.2) is 19.7 Å². The number of rotatable bonds is 4. The molecule has 0 aliphatic heterocycles. The van der Waals surface area contributed by atoms with Gasteiger partial charge in [-0.3, -0.25) is 4.68 Å². The van der Waals surface area contributed by atoms with Crippen molar-refractivity contribution in [3.05, 3.63) is 29.8 Å². The second-order valence-electron chi connectivity index (χ2n) is 3.82. The van der Waals surface area contributed by atoms with E-state index in [1.165, 1.54) is 0 Å². The molecule has 0 amide bonds. The minimum atomic E-state index is 0.561. The first-order valence-electron chi connectivity index (χ1n) is 5.52. The Morgan fingerprint density at radius 2 is 2.06 bits per heavy atom. The van der Waals surface area contributed by atoms with E-state index in [9.17, 15) is 0 Å². The van der Waals surface area contributed by atoms with Crippen molar-refractivity contribution in [1.82, 2.24) is 19.7 Å². The van der Waals surface area contributed by atoms with Gasteiger partial charge in [0.05, 0.1) is 23.8 Å². The third kappa shape index (κ3) is 2.72. The molecule has 17 heavy (non-hydrogen) atoms. The van der Waals surface area contributed by atoms with Crippen molar-refractivity contribution in [3.63, 3.8) is 0 Å². The first-order valence-corrected chi connectivity index (χ1v) is 5.52. The highest BCUT2D eigenvalue weighted by atomic mass is 15.3. The summed E-state index contributed by atoms with van der Waals surface area (Å²) in [7, 11) is 1.92. The van der Waals surface area contributed by atoms with Crippen LogP contribution in [-0.2, 0) is 20.0 Å². The Morgan fingerprint density at radius 1 is 1.35 bits per heavy atom. The number of aryl methyl sites for hydroxylation is 2. The molecule has 6 heteroatoms. The van der Waals surface area contributed by atoms with E-state index in [0.29, 0.717) is 18.2 Å². The molecule has 2 rings (SSSR count). The maximum Gasteiger partial charge on any atom is 0.222 e. The number of hydrogen-bond donors (Lipinski definition) is 2. The average Bonchev–Trinajstić information content (AvgIpc) is 2.69. The molecule has 2 aromatic rings. The summed E-state index contributed by atoms with van der Waals surface area (Å²) in [6.07, 6.45) is 6.09. The number of hydrogen-bond acceptors (Lipinski definition) is 5. The van der Waals surface area contributed by atoms with E-state index in [1.54, 1.807) is 12.4 Å². The highest BCUT2D eigenvalue weighted by Crippen LogP contribution is 2.09. The van der Waals surface area contributed by atoms with Crippen LogP contribution in [0.4, 0.5) is 11.6 Å². The molecular formula is C11H16N6. The smallest absolute Gasteiger partial charge is 0.222 e. The van der Waals surface area contributed by atoms with E-state index in [0.717, 1.165) is 17.7 Å². The van der Waals surface area contributed by atoms with Crippen LogP contribution in [0.25, 0.3) is 0 Å². The van der Waals surface area contributed by atoms with Crippen LogP contribution < -0.4 is 11.1 Å². The van der Waals surface area contributed by atoms with Gasteiger partial charge in [0, 0.05) is 25.4 Å². The minimum Gasteiger partial charge on any atom is -0.396 e. The SMILES string of the molecule is CCc1nn(C)cc1CNc1ncc(N)cn1. The van der Waals surface area contributed by atoms with Gasteiger partial charge in [-0.15, -0.1) is 0 Å². The fraction of sp³-hybridized carbons (Fsp3) is 0.364. The van der Waals surface area contributed by atoms with E-state index in [4.69, 9.17) is 5.73 Å². The number of nitrogen functional groups attached to an aromatic ring is 1. The highest BCUT2D eigenvalue weighted by molar-refractivity contribution is 5.36. The summed E-state index contributed by atoms with van der Waals surface area (Å²) in [5, 5.41) is 7.52. The molecule has 0 aromatic carbocycles. The van der Waals surface area contributed by atoms with Crippen molar-refractivity contribution >= 4 is 11.6 Å². The molecule has 0 saturated heterocycles. The number of anilines is 2. The number of nitrogens with two attached hydrogens (primary N) is 1. The van der Waals surface area contributed by atoms with Crippen molar-refractivity contribution in [2.24, 2.45) is 7.05 Å². The quantitative estimate of drug-likeness (QED) is 0.820. The maximum absolute atomic E-state index is 5.52. The summed E-state index contributed by atoms with van der Waals surface area (Å²) in [6, 6.07) is 0. The minimum absolute atomic E-state index is 0.561. The van der Waals surface area contributed by atoms with Crippen LogP contribution in [0.3, 0.4) is 0 Å². The average molecular weight is 232 g/mol. The molecule has 90 valence electrons. The van der Waals surface area contributed by atoms with Crippen molar-refractivity contribution in [2.45, 2.75) is 19.9 Å². The summed E-state index contributed by atoms with van der Waals surface area (Å²) >= 11 is 0. The van der Waals surface area contributed by atoms with Crippen LogP contribution in [0.2, 0.25) is 0 Å². The zero-order chi connectivity index (χ0) is 12.3. The molecule has 2 heterocycles. The van der Waals surface area contributed by atoms with Crippen molar-refractivity contribution in [2.75, 3.05) is 11.1 Å². The van der Waals surface area contributed by atoms with Gasteiger partial charge in [0.15, 0.2) is 0 Å². The lowest BCUT2D eigenvalue weighted by Gasteiger charge is -2.03. The predicted octanol–water partition coefficient (Wildman–Crippen LogP) is 0.967. The lowest BCUT2D eigenvalue weighted by atomic mass is 10.2.